The molecule has 1 rings (SSSR count). The quantitative estimate of drug-likeness (QED) is 0.567. The van der Waals surface area contributed by atoms with Crippen LogP contribution in [0, 0.1) is 5.92 Å². The Bertz CT molecular complexity index is 216. The second kappa shape index (κ2) is 2.66. The monoisotopic (exact) mass is 158 g/mol. The van der Waals surface area contributed by atoms with Crippen LogP contribution in [-0.2, 0) is 15.6 Å². The van der Waals surface area contributed by atoms with Gasteiger partial charge in [-0.05, 0) is 12.0 Å². The number of rotatable bonds is 1. The Kier molecular flexibility index (Phi) is 2.04. The van der Waals surface area contributed by atoms with Crippen molar-refractivity contribution in [3.05, 3.63) is 11.0 Å². The molecule has 0 aromatic rings. The minimum absolute atomic E-state index is 0.00188. The van der Waals surface area contributed by atoms with Crippen LogP contribution in [0.1, 0.15) is 13.8 Å². The van der Waals surface area contributed by atoms with Crippen LogP contribution in [0.15, 0.2) is 11.0 Å². The van der Waals surface area contributed by atoms with Gasteiger partial charge in [-0.1, -0.05) is 13.8 Å². The van der Waals surface area contributed by atoms with Crippen LogP contribution < -0.4 is 0 Å². The van der Waals surface area contributed by atoms with Gasteiger partial charge in [0.15, 0.2) is 5.78 Å². The fraction of sp³-hybridized carbons (Fsp3) is 0.571. The zero-order valence-electron chi connectivity index (χ0n) is 6.09. The molecule has 1 unspecified atom stereocenters. The summed E-state index contributed by atoms with van der Waals surface area (Å²) in [6.45, 7) is 3.89. The molecule has 0 fully saturated rings. The van der Waals surface area contributed by atoms with Crippen molar-refractivity contribution >= 4 is 16.6 Å². The highest BCUT2D eigenvalue weighted by Crippen LogP contribution is 2.19. The summed E-state index contributed by atoms with van der Waals surface area (Å²) in [6.07, 6.45) is 1.51. The maximum absolute atomic E-state index is 11.0. The molecular weight excluding hydrogens is 148 g/mol. The van der Waals surface area contributed by atoms with E-state index in [0.717, 1.165) is 4.91 Å². The molecule has 0 radical (unpaired) electrons. The second-order valence-corrected chi connectivity index (χ2v) is 4.11. The summed E-state index contributed by atoms with van der Waals surface area (Å²) in [7, 11) is -1.01. The maximum Gasteiger partial charge on any atom is 0.169 e. The Morgan fingerprint density at radius 1 is 1.60 bits per heavy atom. The van der Waals surface area contributed by atoms with Crippen LogP contribution in [0.5, 0.6) is 0 Å². The van der Waals surface area contributed by atoms with Crippen molar-refractivity contribution in [1.82, 2.24) is 0 Å². The van der Waals surface area contributed by atoms with E-state index in [1.165, 1.54) is 6.08 Å². The Balaban J connectivity index is 2.85. The Morgan fingerprint density at radius 2 is 2.20 bits per heavy atom. The number of hydrogen-bond acceptors (Lipinski definition) is 2. The van der Waals surface area contributed by atoms with Gasteiger partial charge < -0.3 is 0 Å². The number of ketones is 1. The minimum atomic E-state index is -1.01. The molecule has 1 atom stereocenters. The standard InChI is InChI=1S/C7H10O2S/c1-5(2)7-3-6(8)4-10(7)9/h3,5H,4H2,1-2H3. The van der Waals surface area contributed by atoms with Crippen molar-refractivity contribution in [2.45, 2.75) is 13.8 Å². The summed E-state index contributed by atoms with van der Waals surface area (Å²) in [4.78, 5) is 11.5. The van der Waals surface area contributed by atoms with Crippen molar-refractivity contribution < 1.29 is 9.00 Å². The van der Waals surface area contributed by atoms with Crippen LogP contribution in [-0.4, -0.2) is 15.7 Å². The number of carbonyl (C=O) groups is 1. The molecule has 0 aromatic heterocycles. The first kappa shape index (κ1) is 7.66. The van der Waals surface area contributed by atoms with Crippen LogP contribution in [0.3, 0.4) is 0 Å². The Hall–Kier alpha value is -0.440. The number of hydrogen-bond donors (Lipinski definition) is 0. The highest BCUT2D eigenvalue weighted by Gasteiger charge is 2.21. The van der Waals surface area contributed by atoms with E-state index in [9.17, 15) is 9.00 Å². The molecular formula is C7H10O2S. The molecule has 0 saturated heterocycles. The van der Waals surface area contributed by atoms with Crippen molar-refractivity contribution in [3.8, 4) is 0 Å². The molecule has 3 heteroatoms. The number of carbonyl (C=O) groups excluding carboxylic acids is 1. The molecule has 0 N–H and O–H groups in total. The third kappa shape index (κ3) is 1.34. The third-order valence-corrected chi connectivity index (χ3v) is 3.07. The van der Waals surface area contributed by atoms with E-state index in [2.05, 4.69) is 0 Å². The average Bonchev–Trinajstić information content (AvgIpc) is 2.10. The SMILES string of the molecule is CC(C)C1=CC(=O)CS1=O. The van der Waals surface area contributed by atoms with Crippen LogP contribution in [0.25, 0.3) is 0 Å². The van der Waals surface area contributed by atoms with E-state index in [-0.39, 0.29) is 17.5 Å². The van der Waals surface area contributed by atoms with Gasteiger partial charge in [0, 0.05) is 4.91 Å². The molecule has 2 nitrogen and oxygen atoms in total. The van der Waals surface area contributed by atoms with Gasteiger partial charge in [-0.3, -0.25) is 9.00 Å². The largest absolute Gasteiger partial charge is 0.294 e. The first-order chi connectivity index (χ1) is 4.61. The van der Waals surface area contributed by atoms with Gasteiger partial charge in [0.1, 0.15) is 0 Å². The van der Waals surface area contributed by atoms with Crippen LogP contribution >= 0.6 is 0 Å². The van der Waals surface area contributed by atoms with Gasteiger partial charge in [0.25, 0.3) is 0 Å². The molecule has 0 spiro atoms. The summed E-state index contributed by atoms with van der Waals surface area (Å²) in [5.74, 6) is 0.447. The molecule has 0 bridgehead atoms. The van der Waals surface area contributed by atoms with Crippen LogP contribution in [0.2, 0.25) is 0 Å². The van der Waals surface area contributed by atoms with Crippen molar-refractivity contribution in [3.63, 3.8) is 0 Å². The highest BCUT2D eigenvalue weighted by atomic mass is 32.2. The molecule has 10 heavy (non-hydrogen) atoms. The molecule has 0 amide bonds. The molecule has 0 saturated carbocycles. The lowest BCUT2D eigenvalue weighted by Gasteiger charge is -2.01. The molecule has 1 aliphatic heterocycles. The predicted octanol–water partition coefficient (Wildman–Crippen LogP) is 0.858. The van der Waals surface area contributed by atoms with E-state index in [1.807, 2.05) is 13.8 Å². The first-order valence-electron chi connectivity index (χ1n) is 3.24. The molecule has 1 aliphatic rings. The normalized spacial score (nSPS) is 25.7. The van der Waals surface area contributed by atoms with Gasteiger partial charge in [-0.2, -0.15) is 0 Å². The molecule has 1 heterocycles. The topological polar surface area (TPSA) is 34.1 Å². The van der Waals surface area contributed by atoms with Crippen molar-refractivity contribution in [1.29, 1.82) is 0 Å². The lowest BCUT2D eigenvalue weighted by atomic mass is 10.2. The summed E-state index contributed by atoms with van der Waals surface area (Å²) >= 11 is 0. The molecule has 56 valence electrons. The second-order valence-electron chi connectivity index (χ2n) is 2.66. The fourth-order valence-electron chi connectivity index (χ4n) is 0.908. The van der Waals surface area contributed by atoms with Crippen molar-refractivity contribution in [2.24, 2.45) is 5.92 Å². The smallest absolute Gasteiger partial charge is 0.169 e. The van der Waals surface area contributed by atoms with E-state index in [4.69, 9.17) is 0 Å². The lowest BCUT2D eigenvalue weighted by molar-refractivity contribution is -0.112. The Labute approximate surface area is 62.8 Å². The van der Waals surface area contributed by atoms with Crippen LogP contribution in [0.4, 0.5) is 0 Å². The summed E-state index contributed by atoms with van der Waals surface area (Å²) < 4.78 is 11.0. The first-order valence-corrected chi connectivity index (χ1v) is 4.56. The average molecular weight is 158 g/mol. The van der Waals surface area contributed by atoms with Gasteiger partial charge in [-0.25, -0.2) is 0 Å². The lowest BCUT2D eigenvalue weighted by Crippen LogP contribution is -2.01. The van der Waals surface area contributed by atoms with E-state index in [0.29, 0.717) is 0 Å². The van der Waals surface area contributed by atoms with Gasteiger partial charge in [-0.15, -0.1) is 0 Å². The highest BCUT2D eigenvalue weighted by molar-refractivity contribution is 7.90. The van der Waals surface area contributed by atoms with E-state index < -0.39 is 10.8 Å². The summed E-state index contributed by atoms with van der Waals surface area (Å²) in [5.41, 5.74) is 0. The predicted molar refractivity (Wildman–Crippen MR) is 40.9 cm³/mol. The van der Waals surface area contributed by atoms with Gasteiger partial charge in [0.05, 0.1) is 16.6 Å². The zero-order chi connectivity index (χ0) is 7.72. The van der Waals surface area contributed by atoms with Crippen molar-refractivity contribution in [2.75, 3.05) is 5.75 Å². The molecule has 0 aromatic carbocycles. The molecule has 0 aliphatic carbocycles. The number of allylic oxidation sites excluding steroid dienone is 2. The summed E-state index contributed by atoms with van der Waals surface area (Å²) in [5, 5.41) is 0. The van der Waals surface area contributed by atoms with E-state index in [1.54, 1.807) is 0 Å². The van der Waals surface area contributed by atoms with Gasteiger partial charge in [0.2, 0.25) is 0 Å². The van der Waals surface area contributed by atoms with E-state index >= 15 is 0 Å². The van der Waals surface area contributed by atoms with Gasteiger partial charge >= 0.3 is 0 Å². The fourth-order valence-corrected chi connectivity index (χ4v) is 2.21. The summed E-state index contributed by atoms with van der Waals surface area (Å²) in [6, 6.07) is 0. The Morgan fingerprint density at radius 3 is 2.40 bits per heavy atom. The third-order valence-electron chi connectivity index (χ3n) is 1.41. The maximum atomic E-state index is 11.0. The minimum Gasteiger partial charge on any atom is -0.294 e. The zero-order valence-corrected chi connectivity index (χ0v) is 6.90.